The van der Waals surface area contributed by atoms with Crippen molar-refractivity contribution in [3.8, 4) is 5.75 Å². The van der Waals surface area contributed by atoms with E-state index in [0.29, 0.717) is 17.3 Å². The van der Waals surface area contributed by atoms with Gasteiger partial charge in [0.15, 0.2) is 6.61 Å². The summed E-state index contributed by atoms with van der Waals surface area (Å²) in [5.41, 5.74) is 2.22. The van der Waals surface area contributed by atoms with E-state index in [-0.39, 0.29) is 18.6 Å². The van der Waals surface area contributed by atoms with Crippen LogP contribution in [0.2, 0.25) is 5.02 Å². The molecule has 3 rings (SSSR count). The third kappa shape index (κ3) is 4.97. The smallest absolute Gasteiger partial charge is 0.258 e. The molecule has 134 valence electrons. The molecule has 4 nitrogen and oxygen atoms in total. The van der Waals surface area contributed by atoms with Crippen molar-refractivity contribution in [1.82, 2.24) is 10.2 Å². The van der Waals surface area contributed by atoms with E-state index in [1.54, 1.807) is 23.5 Å². The number of hydrogen-bond acceptors (Lipinski definition) is 4. The third-order valence-corrected chi connectivity index (χ3v) is 5.63. The average Bonchev–Trinajstić information content (AvgIpc) is 3.30. The number of ether oxygens (including phenoxy) is 1. The molecule has 1 aromatic carbocycles. The first-order chi connectivity index (χ1) is 12.1. The van der Waals surface area contributed by atoms with Crippen LogP contribution in [-0.2, 0) is 4.79 Å². The molecule has 6 heteroatoms. The maximum atomic E-state index is 12.2. The van der Waals surface area contributed by atoms with E-state index in [4.69, 9.17) is 16.3 Å². The summed E-state index contributed by atoms with van der Waals surface area (Å²) in [7, 11) is 0. The summed E-state index contributed by atoms with van der Waals surface area (Å²) < 4.78 is 5.57. The SMILES string of the molecule is Cc1cc(OCC(=O)NCC(c2ccsc2)N2CCCC2)ccc1Cl. The van der Waals surface area contributed by atoms with Gasteiger partial charge in [-0.1, -0.05) is 11.6 Å². The largest absolute Gasteiger partial charge is 0.484 e. The van der Waals surface area contributed by atoms with Crippen LogP contribution in [0, 0.1) is 6.92 Å². The van der Waals surface area contributed by atoms with E-state index in [0.717, 1.165) is 18.7 Å². The van der Waals surface area contributed by atoms with Crippen molar-refractivity contribution in [2.45, 2.75) is 25.8 Å². The maximum absolute atomic E-state index is 12.2. The fraction of sp³-hybridized carbons (Fsp3) is 0.421. The summed E-state index contributed by atoms with van der Waals surface area (Å²) in [6.45, 7) is 4.72. The van der Waals surface area contributed by atoms with Crippen LogP contribution in [-0.4, -0.2) is 37.0 Å². The molecule has 0 bridgehead atoms. The number of nitrogens with one attached hydrogen (secondary N) is 1. The zero-order valence-electron chi connectivity index (χ0n) is 14.3. The number of rotatable bonds is 7. The Balaban J connectivity index is 1.51. The second kappa shape index (κ2) is 8.70. The predicted octanol–water partition coefficient (Wildman–Crippen LogP) is 4.04. The van der Waals surface area contributed by atoms with Gasteiger partial charge in [0.05, 0.1) is 6.04 Å². The van der Waals surface area contributed by atoms with Gasteiger partial charge in [-0.25, -0.2) is 0 Å². The van der Waals surface area contributed by atoms with Crippen LogP contribution in [0.3, 0.4) is 0 Å². The molecule has 0 radical (unpaired) electrons. The number of halogens is 1. The van der Waals surface area contributed by atoms with Crippen LogP contribution in [0.1, 0.15) is 30.0 Å². The summed E-state index contributed by atoms with van der Waals surface area (Å²) in [5.74, 6) is 0.554. The quantitative estimate of drug-likeness (QED) is 0.790. The molecule has 2 aromatic rings. The van der Waals surface area contributed by atoms with Crippen LogP contribution in [0.5, 0.6) is 5.75 Å². The Hall–Kier alpha value is -1.56. The van der Waals surface area contributed by atoms with Gasteiger partial charge >= 0.3 is 0 Å². The molecule has 1 saturated heterocycles. The zero-order valence-corrected chi connectivity index (χ0v) is 15.9. The Morgan fingerprint density at radius 1 is 1.36 bits per heavy atom. The second-order valence-corrected chi connectivity index (χ2v) is 7.51. The molecule has 25 heavy (non-hydrogen) atoms. The van der Waals surface area contributed by atoms with Crippen LogP contribution < -0.4 is 10.1 Å². The number of hydrogen-bond donors (Lipinski definition) is 1. The Morgan fingerprint density at radius 2 is 2.16 bits per heavy atom. The Bertz CT molecular complexity index is 699. The van der Waals surface area contributed by atoms with E-state index < -0.39 is 0 Å². The summed E-state index contributed by atoms with van der Waals surface area (Å²) in [5, 5.41) is 7.97. The van der Waals surface area contributed by atoms with Gasteiger partial charge in [-0.05, 0) is 79.0 Å². The molecule has 1 aliphatic rings. The van der Waals surface area contributed by atoms with Gasteiger partial charge in [-0.2, -0.15) is 11.3 Å². The molecule has 0 saturated carbocycles. The van der Waals surface area contributed by atoms with E-state index in [1.165, 1.54) is 18.4 Å². The lowest BCUT2D eigenvalue weighted by Crippen LogP contribution is -2.38. The molecule has 1 fully saturated rings. The highest BCUT2D eigenvalue weighted by molar-refractivity contribution is 7.07. The van der Waals surface area contributed by atoms with E-state index in [9.17, 15) is 4.79 Å². The highest BCUT2D eigenvalue weighted by Crippen LogP contribution is 2.26. The van der Waals surface area contributed by atoms with Crippen LogP contribution >= 0.6 is 22.9 Å². The monoisotopic (exact) mass is 378 g/mol. The number of nitrogens with zero attached hydrogens (tertiary/aromatic N) is 1. The Morgan fingerprint density at radius 3 is 2.84 bits per heavy atom. The van der Waals surface area contributed by atoms with Crippen molar-refractivity contribution in [2.75, 3.05) is 26.2 Å². The number of carbonyl (C=O) groups excluding carboxylic acids is 1. The zero-order chi connectivity index (χ0) is 17.6. The molecular weight excluding hydrogens is 356 g/mol. The highest BCUT2D eigenvalue weighted by atomic mass is 35.5. The molecule has 1 aromatic heterocycles. The molecule has 1 unspecified atom stereocenters. The number of likely N-dealkylation sites (tertiary alicyclic amines) is 1. The fourth-order valence-corrected chi connectivity index (χ4v) is 3.92. The molecular formula is C19H23ClN2O2S. The van der Waals surface area contributed by atoms with Gasteiger partial charge in [0, 0.05) is 11.6 Å². The lowest BCUT2D eigenvalue weighted by Gasteiger charge is -2.27. The summed E-state index contributed by atoms with van der Waals surface area (Å²) in [6.07, 6.45) is 2.46. The van der Waals surface area contributed by atoms with E-state index in [2.05, 4.69) is 27.0 Å². The molecule has 0 aliphatic carbocycles. The van der Waals surface area contributed by atoms with Crippen molar-refractivity contribution in [2.24, 2.45) is 0 Å². The number of amides is 1. The van der Waals surface area contributed by atoms with Gasteiger partial charge in [-0.3, -0.25) is 9.69 Å². The van der Waals surface area contributed by atoms with Gasteiger partial charge in [0.1, 0.15) is 5.75 Å². The summed E-state index contributed by atoms with van der Waals surface area (Å²) in [4.78, 5) is 14.6. The summed E-state index contributed by atoms with van der Waals surface area (Å²) in [6, 6.07) is 7.79. The number of aryl methyl sites for hydroxylation is 1. The average molecular weight is 379 g/mol. The normalized spacial score (nSPS) is 15.9. The molecule has 1 N–H and O–H groups in total. The number of benzene rings is 1. The first kappa shape index (κ1) is 18.2. The van der Waals surface area contributed by atoms with Gasteiger partial charge < -0.3 is 10.1 Å². The second-order valence-electron chi connectivity index (χ2n) is 6.32. The summed E-state index contributed by atoms with van der Waals surface area (Å²) >= 11 is 7.70. The van der Waals surface area contributed by atoms with Crippen LogP contribution in [0.25, 0.3) is 0 Å². The number of thiophene rings is 1. The van der Waals surface area contributed by atoms with Crippen molar-refractivity contribution < 1.29 is 9.53 Å². The van der Waals surface area contributed by atoms with Crippen molar-refractivity contribution in [1.29, 1.82) is 0 Å². The molecule has 1 amide bonds. The van der Waals surface area contributed by atoms with Gasteiger partial charge in [0.2, 0.25) is 0 Å². The van der Waals surface area contributed by atoms with E-state index in [1.807, 2.05) is 13.0 Å². The van der Waals surface area contributed by atoms with Crippen molar-refractivity contribution in [3.63, 3.8) is 0 Å². The Kier molecular flexibility index (Phi) is 6.34. The Labute approximate surface area is 157 Å². The molecule has 1 aliphatic heterocycles. The number of carbonyl (C=O) groups is 1. The minimum Gasteiger partial charge on any atom is -0.484 e. The van der Waals surface area contributed by atoms with Gasteiger partial charge in [-0.15, -0.1) is 0 Å². The van der Waals surface area contributed by atoms with Crippen LogP contribution in [0.4, 0.5) is 0 Å². The fourth-order valence-electron chi connectivity index (χ4n) is 3.09. The van der Waals surface area contributed by atoms with Crippen LogP contribution in [0.15, 0.2) is 35.0 Å². The molecule has 2 heterocycles. The predicted molar refractivity (Wildman–Crippen MR) is 103 cm³/mol. The first-order valence-electron chi connectivity index (χ1n) is 8.55. The van der Waals surface area contributed by atoms with Crippen molar-refractivity contribution in [3.05, 3.63) is 51.2 Å². The standard InChI is InChI=1S/C19H23ClN2O2S/c1-14-10-16(4-5-17(14)20)24-12-19(23)21-11-18(15-6-9-25-13-15)22-7-2-3-8-22/h4-6,9-10,13,18H,2-3,7-8,11-12H2,1H3,(H,21,23). The topological polar surface area (TPSA) is 41.6 Å². The van der Waals surface area contributed by atoms with E-state index >= 15 is 0 Å². The third-order valence-electron chi connectivity index (χ3n) is 4.50. The highest BCUT2D eigenvalue weighted by Gasteiger charge is 2.24. The molecule has 1 atom stereocenters. The van der Waals surface area contributed by atoms with Crippen molar-refractivity contribution >= 4 is 28.8 Å². The van der Waals surface area contributed by atoms with Gasteiger partial charge in [0.25, 0.3) is 5.91 Å². The minimum absolute atomic E-state index is 0.0113. The molecule has 0 spiro atoms. The first-order valence-corrected chi connectivity index (χ1v) is 9.87. The lowest BCUT2D eigenvalue weighted by atomic mass is 10.1. The lowest BCUT2D eigenvalue weighted by molar-refractivity contribution is -0.123. The maximum Gasteiger partial charge on any atom is 0.258 e. The minimum atomic E-state index is -0.105.